The first kappa shape index (κ1) is 22.8. The van der Waals surface area contributed by atoms with Gasteiger partial charge in [0.05, 0.1) is 25.9 Å². The van der Waals surface area contributed by atoms with E-state index in [4.69, 9.17) is 29.9 Å². The van der Waals surface area contributed by atoms with Gasteiger partial charge in [0.15, 0.2) is 0 Å². The predicted molar refractivity (Wildman–Crippen MR) is 72.9 cm³/mol. The second-order valence-electron chi connectivity index (χ2n) is 3.67. The molecule has 1 fully saturated rings. The summed E-state index contributed by atoms with van der Waals surface area (Å²) < 4.78 is 10.2. The third-order valence-electron chi connectivity index (χ3n) is 1.94. The van der Waals surface area contributed by atoms with E-state index in [9.17, 15) is 0 Å². The summed E-state index contributed by atoms with van der Waals surface area (Å²) in [6.07, 6.45) is 7.35. The summed E-state index contributed by atoms with van der Waals surface area (Å²) in [4.78, 5) is 16.7. The van der Waals surface area contributed by atoms with Gasteiger partial charge in [-0.25, -0.2) is 20.4 Å². The molecule has 6 heteroatoms. The lowest BCUT2D eigenvalue weighted by Crippen LogP contribution is -2.25. The molecule has 0 aromatic carbocycles. The van der Waals surface area contributed by atoms with E-state index >= 15 is 0 Å². The largest absolute Gasteiger partial charge is 0.376 e. The predicted octanol–water partition coefficient (Wildman–Crippen LogP) is 2.81. The maximum Gasteiger partial charge on any atom is 0.231 e. The standard InChI is InChI=1S/C6H14.C5H10O2.2CHNO/c1-3-5-6-4-2;1-5-4-6-2-3-7-5;2*2-1-3/h3-6H2,1-2H3;5H,2-4H2,1H3;2*2H. The van der Waals surface area contributed by atoms with E-state index in [0.29, 0.717) is 6.10 Å². The zero-order chi connectivity index (χ0) is 15.4. The van der Waals surface area contributed by atoms with Crippen LogP contribution < -0.4 is 0 Å². The van der Waals surface area contributed by atoms with Crippen LogP contribution in [0.1, 0.15) is 46.5 Å². The zero-order valence-corrected chi connectivity index (χ0v) is 12.2. The van der Waals surface area contributed by atoms with Crippen LogP contribution in [-0.4, -0.2) is 38.1 Å². The van der Waals surface area contributed by atoms with Crippen molar-refractivity contribution in [2.45, 2.75) is 52.6 Å². The Morgan fingerprint density at radius 3 is 1.63 bits per heavy atom. The van der Waals surface area contributed by atoms with Crippen LogP contribution in [0.25, 0.3) is 0 Å². The normalized spacial score (nSPS) is 15.8. The van der Waals surface area contributed by atoms with Crippen LogP contribution in [0.15, 0.2) is 0 Å². The molecule has 0 saturated carbocycles. The Labute approximate surface area is 115 Å². The van der Waals surface area contributed by atoms with Gasteiger partial charge in [0.25, 0.3) is 0 Å². The lowest BCUT2D eigenvalue weighted by Gasteiger charge is -2.18. The Kier molecular flexibility index (Phi) is 30.6. The first-order valence-corrected chi connectivity index (χ1v) is 6.41. The Hall–Kier alpha value is -1.32. The van der Waals surface area contributed by atoms with Crippen molar-refractivity contribution >= 4 is 12.2 Å². The van der Waals surface area contributed by atoms with Crippen molar-refractivity contribution in [2.24, 2.45) is 0 Å². The summed E-state index contributed by atoms with van der Waals surface area (Å²) in [6.45, 7) is 8.77. The van der Waals surface area contributed by atoms with Gasteiger partial charge < -0.3 is 9.47 Å². The molecule has 112 valence electrons. The summed E-state index contributed by atoms with van der Waals surface area (Å²) in [5.74, 6) is 0. The molecule has 0 aromatic heterocycles. The van der Waals surface area contributed by atoms with E-state index in [1.54, 1.807) is 0 Å². The van der Waals surface area contributed by atoms with Gasteiger partial charge in [-0.2, -0.15) is 0 Å². The van der Waals surface area contributed by atoms with E-state index in [-0.39, 0.29) is 0 Å². The minimum atomic E-state index is 0.314. The molecule has 2 N–H and O–H groups in total. The van der Waals surface area contributed by atoms with Crippen LogP contribution in [0.3, 0.4) is 0 Å². The van der Waals surface area contributed by atoms with Crippen molar-refractivity contribution in [3.63, 3.8) is 0 Å². The number of carbonyl (C=O) groups excluding carboxylic acids is 2. The summed E-state index contributed by atoms with van der Waals surface area (Å²) in [5, 5.41) is 10.8. The molecule has 1 atom stereocenters. The maximum atomic E-state index is 8.35. The van der Waals surface area contributed by atoms with Crippen molar-refractivity contribution < 1.29 is 19.1 Å². The molecular weight excluding hydrogens is 248 g/mol. The molecule has 0 bridgehead atoms. The average Bonchev–Trinajstić information content (AvgIpc) is 2.40. The minimum Gasteiger partial charge on any atom is -0.376 e. The van der Waals surface area contributed by atoms with E-state index in [2.05, 4.69) is 13.8 Å². The fourth-order valence-corrected chi connectivity index (χ4v) is 1.11. The fourth-order valence-electron chi connectivity index (χ4n) is 1.11. The van der Waals surface area contributed by atoms with E-state index < -0.39 is 0 Å². The Bertz CT molecular complexity index is 201. The maximum absolute atomic E-state index is 8.35. The van der Waals surface area contributed by atoms with Gasteiger partial charge in [-0.15, -0.1) is 0 Å². The molecule has 1 unspecified atom stereocenters. The van der Waals surface area contributed by atoms with Gasteiger partial charge in [0, 0.05) is 0 Å². The lowest BCUT2D eigenvalue weighted by atomic mass is 10.2. The second kappa shape index (κ2) is 25.5. The molecule has 19 heavy (non-hydrogen) atoms. The number of isocyanates is 2. The summed E-state index contributed by atoms with van der Waals surface area (Å²) in [5.41, 5.74) is 0. The zero-order valence-electron chi connectivity index (χ0n) is 12.2. The summed E-state index contributed by atoms with van der Waals surface area (Å²) >= 11 is 0. The third-order valence-corrected chi connectivity index (χ3v) is 1.94. The number of hydrogen-bond donors (Lipinski definition) is 2. The number of rotatable bonds is 3. The average molecular weight is 274 g/mol. The molecule has 1 rings (SSSR count). The third kappa shape index (κ3) is 38.4. The van der Waals surface area contributed by atoms with Crippen LogP contribution >= 0.6 is 0 Å². The number of hydrogen-bond acceptors (Lipinski definition) is 6. The Morgan fingerprint density at radius 2 is 1.47 bits per heavy atom. The number of unbranched alkanes of at least 4 members (excludes halogenated alkanes) is 3. The first-order valence-electron chi connectivity index (χ1n) is 6.41. The van der Waals surface area contributed by atoms with Gasteiger partial charge in [0.1, 0.15) is 0 Å². The minimum absolute atomic E-state index is 0.314. The van der Waals surface area contributed by atoms with Crippen LogP contribution in [0.4, 0.5) is 0 Å². The Morgan fingerprint density at radius 1 is 1.05 bits per heavy atom. The molecular formula is C13H26N2O4. The van der Waals surface area contributed by atoms with Crippen LogP contribution in [-0.2, 0) is 19.1 Å². The lowest BCUT2D eigenvalue weighted by molar-refractivity contribution is -0.0797. The molecule has 6 nitrogen and oxygen atoms in total. The van der Waals surface area contributed by atoms with Crippen molar-refractivity contribution in [2.75, 3.05) is 19.8 Å². The molecule has 1 heterocycles. The highest BCUT2D eigenvalue weighted by molar-refractivity contribution is 5.26. The van der Waals surface area contributed by atoms with Gasteiger partial charge in [-0.1, -0.05) is 39.5 Å². The Balaban J connectivity index is -0.000000195. The fraction of sp³-hybridized carbons (Fsp3) is 0.846. The second-order valence-corrected chi connectivity index (χ2v) is 3.67. The van der Waals surface area contributed by atoms with Gasteiger partial charge in [-0.3, -0.25) is 0 Å². The smallest absolute Gasteiger partial charge is 0.231 e. The van der Waals surface area contributed by atoms with Crippen molar-refractivity contribution in [3.8, 4) is 0 Å². The molecule has 0 amide bonds. The molecule has 0 radical (unpaired) electrons. The van der Waals surface area contributed by atoms with Gasteiger partial charge in [-0.05, 0) is 6.92 Å². The quantitative estimate of drug-likeness (QED) is 0.469. The van der Waals surface area contributed by atoms with Crippen molar-refractivity contribution in [1.29, 1.82) is 10.8 Å². The van der Waals surface area contributed by atoms with Gasteiger partial charge >= 0.3 is 0 Å². The highest BCUT2D eigenvalue weighted by atomic mass is 16.6. The van der Waals surface area contributed by atoms with Crippen molar-refractivity contribution in [1.82, 2.24) is 0 Å². The molecule has 0 aromatic rings. The van der Waals surface area contributed by atoms with Crippen LogP contribution in [0.5, 0.6) is 0 Å². The van der Waals surface area contributed by atoms with E-state index in [1.165, 1.54) is 25.7 Å². The molecule has 1 aliphatic heterocycles. The monoisotopic (exact) mass is 274 g/mol. The molecule has 1 saturated heterocycles. The SMILES string of the molecule is CC1COCCO1.CCCCCC.N=C=O.N=C=O. The van der Waals surface area contributed by atoms with E-state index in [1.807, 2.05) is 6.92 Å². The topological polar surface area (TPSA) is 100 Å². The highest BCUT2D eigenvalue weighted by Crippen LogP contribution is 1.97. The summed E-state index contributed by atoms with van der Waals surface area (Å²) in [7, 11) is 0. The van der Waals surface area contributed by atoms with Gasteiger partial charge in [0.2, 0.25) is 12.2 Å². The van der Waals surface area contributed by atoms with Crippen LogP contribution in [0, 0.1) is 10.8 Å². The molecule has 0 spiro atoms. The molecule has 0 aliphatic carbocycles. The molecule has 1 aliphatic rings. The summed E-state index contributed by atoms with van der Waals surface area (Å²) in [6, 6.07) is 0. The highest BCUT2D eigenvalue weighted by Gasteiger charge is 2.06. The van der Waals surface area contributed by atoms with E-state index in [0.717, 1.165) is 32.0 Å². The van der Waals surface area contributed by atoms with Crippen LogP contribution in [0.2, 0.25) is 0 Å². The number of ether oxygens (including phenoxy) is 2. The number of nitrogens with one attached hydrogen (secondary N) is 2. The first-order chi connectivity index (χ1) is 9.14. The van der Waals surface area contributed by atoms with Crippen molar-refractivity contribution in [3.05, 3.63) is 0 Å².